The Labute approximate surface area is 290 Å². The smallest absolute Gasteiger partial charge is 0.390 e. The lowest BCUT2D eigenvalue weighted by molar-refractivity contribution is -0.141. The number of aliphatic hydroxyl groups excluding tert-OH is 1. The molecule has 1 aromatic carbocycles. The predicted octanol–water partition coefficient (Wildman–Crippen LogP) is 3.01. The van der Waals surface area contributed by atoms with Crippen LogP contribution in [0.25, 0.3) is 11.3 Å². The zero-order valence-electron chi connectivity index (χ0n) is 28.0. The average Bonchev–Trinajstić information content (AvgIpc) is 3.72. The van der Waals surface area contributed by atoms with Gasteiger partial charge in [0.15, 0.2) is 0 Å². The Bertz CT molecular complexity index is 1570. The molecular weight excluding hydrogens is 682 g/mol. The van der Waals surface area contributed by atoms with Gasteiger partial charge in [0.1, 0.15) is 0 Å². The van der Waals surface area contributed by atoms with Crippen molar-refractivity contribution in [2.45, 2.75) is 62.4 Å². The van der Waals surface area contributed by atoms with E-state index in [-0.39, 0.29) is 36.4 Å². The van der Waals surface area contributed by atoms with Crippen molar-refractivity contribution in [2.75, 3.05) is 84.1 Å². The van der Waals surface area contributed by atoms with Gasteiger partial charge in [-0.25, -0.2) is 8.42 Å². The van der Waals surface area contributed by atoms with Crippen LogP contribution in [0, 0.1) is 5.92 Å². The summed E-state index contributed by atoms with van der Waals surface area (Å²) in [5, 5.41) is 16.1. The predicted molar refractivity (Wildman–Crippen MR) is 181 cm³/mol. The minimum absolute atomic E-state index is 0.0306. The van der Waals surface area contributed by atoms with E-state index in [0.29, 0.717) is 81.5 Å². The Hall–Kier alpha value is -2.21. The molecule has 5 heterocycles. The molecule has 4 aliphatic heterocycles. The summed E-state index contributed by atoms with van der Waals surface area (Å²) in [4.78, 5) is 19.4. The molecular formula is C33H47F3N6O5S2. The monoisotopic (exact) mass is 728 g/mol. The van der Waals surface area contributed by atoms with E-state index in [2.05, 4.69) is 9.80 Å². The number of carbonyl (C=O) groups is 1. The van der Waals surface area contributed by atoms with Gasteiger partial charge in [0, 0.05) is 79.1 Å². The topological polar surface area (TPSA) is 111 Å². The molecule has 4 aliphatic rings. The number of β-amino-alcohol motifs (C(OH)–C–C–N with tert-alkyl or cyclic N) is 1. The number of morpholine rings is 1. The second-order valence-electron chi connectivity index (χ2n) is 13.6. The van der Waals surface area contributed by atoms with E-state index >= 15 is 0 Å². The van der Waals surface area contributed by atoms with Crippen molar-refractivity contribution in [2.24, 2.45) is 5.92 Å². The maximum absolute atomic E-state index is 14.1. The van der Waals surface area contributed by atoms with E-state index in [0.717, 1.165) is 56.8 Å². The molecule has 3 saturated heterocycles. The first kappa shape index (κ1) is 36.6. The zero-order chi connectivity index (χ0) is 34.8. The lowest BCUT2D eigenvalue weighted by Crippen LogP contribution is -2.47. The summed E-state index contributed by atoms with van der Waals surface area (Å²) in [5.74, 6) is 0.668. The number of ether oxygens (including phenoxy) is 1. The van der Waals surface area contributed by atoms with E-state index in [4.69, 9.17) is 9.84 Å². The molecule has 272 valence electrons. The number of piperidine rings is 1. The van der Waals surface area contributed by atoms with Gasteiger partial charge in [0.05, 0.1) is 43.4 Å². The molecule has 1 unspecified atom stereocenters. The van der Waals surface area contributed by atoms with Gasteiger partial charge in [0.2, 0.25) is 15.9 Å². The number of benzene rings is 1. The number of halogens is 3. The van der Waals surface area contributed by atoms with Gasteiger partial charge in [-0.3, -0.25) is 9.48 Å². The number of hydrogen-bond acceptors (Lipinski definition) is 9. The Morgan fingerprint density at radius 3 is 2.43 bits per heavy atom. The maximum Gasteiger partial charge on any atom is 0.417 e. The van der Waals surface area contributed by atoms with Crippen molar-refractivity contribution in [3.63, 3.8) is 0 Å². The highest BCUT2D eigenvalue weighted by Gasteiger charge is 2.36. The molecule has 0 spiro atoms. The lowest BCUT2D eigenvalue weighted by Gasteiger charge is -2.36. The van der Waals surface area contributed by atoms with E-state index in [1.54, 1.807) is 4.68 Å². The average molecular weight is 729 g/mol. The van der Waals surface area contributed by atoms with E-state index < -0.39 is 27.9 Å². The van der Waals surface area contributed by atoms with Crippen LogP contribution in [0.3, 0.4) is 0 Å². The van der Waals surface area contributed by atoms with Gasteiger partial charge < -0.3 is 24.5 Å². The number of sulfonamides is 1. The van der Waals surface area contributed by atoms with Crippen molar-refractivity contribution < 1.29 is 36.2 Å². The molecule has 0 radical (unpaired) electrons. The molecule has 1 amide bonds. The standard InChI is InChI=1S/C33H47F3N6O5S2/c1-49(45,46)41-13-8-29-27(23-41)31(25-4-5-28(33(34,35)36)30(20-25)48-19-16-38-9-2-3-10-38)37-42(29)22-26(43)21-39-11-6-24(7-12-39)32(44)40-14-17-47-18-15-40/h4-5,20,24,26,43H,2-3,6-19,21-23H2,1H3. The third-order valence-electron chi connectivity index (χ3n) is 10.1. The number of aromatic nitrogens is 2. The minimum Gasteiger partial charge on any atom is -0.390 e. The summed E-state index contributed by atoms with van der Waals surface area (Å²) in [6.45, 7) is 7.26. The van der Waals surface area contributed by atoms with Gasteiger partial charge in [-0.15, -0.1) is 11.8 Å². The second-order valence-corrected chi connectivity index (χ2v) is 16.7. The Balaban J connectivity index is 1.18. The number of thioether (sulfide) groups is 1. The molecule has 0 aliphatic carbocycles. The van der Waals surface area contributed by atoms with Crippen LogP contribution in [0.2, 0.25) is 0 Å². The number of hydrogen-bond donors (Lipinski definition) is 1. The molecule has 2 aromatic rings. The molecule has 1 aromatic heterocycles. The highest BCUT2D eigenvalue weighted by molar-refractivity contribution is 7.99. The van der Waals surface area contributed by atoms with Crippen LogP contribution in [0.1, 0.15) is 42.5 Å². The number of fused-ring (bicyclic) bond motifs is 1. The van der Waals surface area contributed by atoms with Crippen molar-refractivity contribution in [1.82, 2.24) is 28.8 Å². The van der Waals surface area contributed by atoms with Crippen LogP contribution >= 0.6 is 11.8 Å². The highest BCUT2D eigenvalue weighted by Crippen LogP contribution is 2.40. The summed E-state index contributed by atoms with van der Waals surface area (Å²) >= 11 is 1.18. The summed E-state index contributed by atoms with van der Waals surface area (Å²) in [5.41, 5.74) is 1.67. The number of alkyl halides is 3. The minimum atomic E-state index is -4.52. The van der Waals surface area contributed by atoms with Gasteiger partial charge >= 0.3 is 6.18 Å². The Morgan fingerprint density at radius 1 is 1.04 bits per heavy atom. The zero-order valence-corrected chi connectivity index (χ0v) is 29.7. The first-order chi connectivity index (χ1) is 23.4. The van der Waals surface area contributed by atoms with E-state index in [1.165, 1.54) is 28.2 Å². The molecule has 1 N–H and O–H groups in total. The van der Waals surface area contributed by atoms with Crippen molar-refractivity contribution in [1.29, 1.82) is 0 Å². The Kier molecular flexibility index (Phi) is 11.6. The number of aliphatic hydroxyl groups is 1. The normalized spacial score (nSPS) is 21.3. The Morgan fingerprint density at radius 2 is 1.76 bits per heavy atom. The molecule has 6 rings (SSSR count). The lowest BCUT2D eigenvalue weighted by atomic mass is 9.95. The SMILES string of the molecule is CS(=O)(=O)N1CCc2c(c(-c3ccc(C(F)(F)F)c(SCCN4CCCC4)c3)nn2CC(O)CN2CCC(C(=O)N3CCOCC3)CC2)C1. The third-order valence-corrected chi connectivity index (χ3v) is 12.4. The summed E-state index contributed by atoms with van der Waals surface area (Å²) < 4.78 is 75.7. The molecule has 49 heavy (non-hydrogen) atoms. The van der Waals surface area contributed by atoms with Crippen LogP contribution < -0.4 is 0 Å². The van der Waals surface area contributed by atoms with Crippen LogP contribution in [-0.2, 0) is 45.2 Å². The van der Waals surface area contributed by atoms with Gasteiger partial charge in [-0.1, -0.05) is 6.07 Å². The van der Waals surface area contributed by atoms with E-state index in [1.807, 2.05) is 4.90 Å². The fourth-order valence-electron chi connectivity index (χ4n) is 7.41. The summed E-state index contributed by atoms with van der Waals surface area (Å²) in [7, 11) is -3.52. The van der Waals surface area contributed by atoms with Crippen LogP contribution in [0.4, 0.5) is 13.2 Å². The van der Waals surface area contributed by atoms with Gasteiger partial charge in [-0.2, -0.15) is 22.6 Å². The second kappa shape index (κ2) is 15.6. The number of amides is 1. The highest BCUT2D eigenvalue weighted by atomic mass is 32.2. The number of carbonyl (C=O) groups excluding carboxylic acids is 1. The molecule has 16 heteroatoms. The molecule has 1 atom stereocenters. The molecule has 0 bridgehead atoms. The first-order valence-electron chi connectivity index (χ1n) is 17.2. The molecule has 0 saturated carbocycles. The fraction of sp³-hybridized carbons (Fsp3) is 0.697. The largest absolute Gasteiger partial charge is 0.417 e. The first-order valence-corrected chi connectivity index (χ1v) is 20.1. The van der Waals surface area contributed by atoms with Crippen molar-refractivity contribution >= 4 is 27.7 Å². The van der Waals surface area contributed by atoms with E-state index in [9.17, 15) is 31.5 Å². The summed E-state index contributed by atoms with van der Waals surface area (Å²) in [6, 6.07) is 4.04. The van der Waals surface area contributed by atoms with Crippen LogP contribution in [0.15, 0.2) is 23.1 Å². The molecule has 11 nitrogen and oxygen atoms in total. The van der Waals surface area contributed by atoms with Crippen LogP contribution in [-0.4, -0.2) is 138 Å². The van der Waals surface area contributed by atoms with Crippen molar-refractivity contribution in [3.05, 3.63) is 35.0 Å². The van der Waals surface area contributed by atoms with Gasteiger partial charge in [-0.05, 0) is 64.0 Å². The van der Waals surface area contributed by atoms with Crippen molar-refractivity contribution in [3.8, 4) is 11.3 Å². The fourth-order valence-corrected chi connectivity index (χ4v) is 9.31. The quantitative estimate of drug-likeness (QED) is 0.350. The number of likely N-dealkylation sites (tertiary alicyclic amines) is 2. The molecule has 3 fully saturated rings. The van der Waals surface area contributed by atoms with Crippen LogP contribution in [0.5, 0.6) is 0 Å². The maximum atomic E-state index is 14.1. The number of rotatable bonds is 11. The third kappa shape index (κ3) is 9.00. The summed E-state index contributed by atoms with van der Waals surface area (Å²) in [6.07, 6.45) is -0.136. The number of nitrogens with zero attached hydrogens (tertiary/aromatic N) is 6. The van der Waals surface area contributed by atoms with Gasteiger partial charge in [0.25, 0.3) is 0 Å².